The van der Waals surface area contributed by atoms with Crippen molar-refractivity contribution in [3.05, 3.63) is 0 Å². The highest BCUT2D eigenvalue weighted by atomic mass is 16.1. The van der Waals surface area contributed by atoms with Crippen LogP contribution in [-0.2, 0) is 9.59 Å². The van der Waals surface area contributed by atoms with Gasteiger partial charge < -0.3 is 0 Å². The lowest BCUT2D eigenvalue weighted by Gasteiger charge is -2.63. The van der Waals surface area contributed by atoms with Crippen molar-refractivity contribution in [2.45, 2.75) is 78.6 Å². The second kappa shape index (κ2) is 4.45. The highest BCUT2D eigenvalue weighted by molar-refractivity contribution is 5.87. The summed E-state index contributed by atoms with van der Waals surface area (Å²) < 4.78 is 0. The van der Waals surface area contributed by atoms with Crippen molar-refractivity contribution in [2.75, 3.05) is 0 Å². The average molecular weight is 302 g/mol. The molecule has 2 nitrogen and oxygen atoms in total. The molecule has 0 heterocycles. The third-order valence-electron chi connectivity index (χ3n) is 8.88. The molecule has 4 aliphatic carbocycles. The van der Waals surface area contributed by atoms with Crippen LogP contribution in [0.25, 0.3) is 0 Å². The number of Topliss-reactive ketones (excluding diaryl/α,β-unsaturated/α-hetero) is 2. The zero-order chi connectivity index (χ0) is 15.8. The summed E-state index contributed by atoms with van der Waals surface area (Å²) in [5, 5.41) is 0. The summed E-state index contributed by atoms with van der Waals surface area (Å²) in [6.45, 7) is 7.12. The van der Waals surface area contributed by atoms with Crippen molar-refractivity contribution >= 4 is 11.6 Å². The lowest BCUT2D eigenvalue weighted by Crippen LogP contribution is -2.57. The molecule has 4 saturated carbocycles. The average Bonchev–Trinajstić information content (AvgIpc) is 2.76. The summed E-state index contributed by atoms with van der Waals surface area (Å²) in [5.74, 6) is 3.11. The van der Waals surface area contributed by atoms with Crippen molar-refractivity contribution in [1.29, 1.82) is 0 Å². The van der Waals surface area contributed by atoms with E-state index in [-0.39, 0.29) is 10.8 Å². The van der Waals surface area contributed by atoms with Gasteiger partial charge in [0.1, 0.15) is 11.6 Å². The van der Waals surface area contributed by atoms with E-state index in [1.54, 1.807) is 0 Å². The number of fused-ring (bicyclic) bond motifs is 5. The summed E-state index contributed by atoms with van der Waals surface area (Å²) in [6, 6.07) is 0. The molecule has 6 atom stereocenters. The molecule has 4 aliphatic rings. The van der Waals surface area contributed by atoms with Crippen LogP contribution in [0.2, 0.25) is 0 Å². The fourth-order valence-corrected chi connectivity index (χ4v) is 7.17. The van der Waals surface area contributed by atoms with Gasteiger partial charge in [-0.3, -0.25) is 9.59 Å². The predicted molar refractivity (Wildman–Crippen MR) is 86.4 cm³/mol. The van der Waals surface area contributed by atoms with E-state index in [0.29, 0.717) is 22.9 Å². The van der Waals surface area contributed by atoms with E-state index < -0.39 is 0 Å². The Hall–Kier alpha value is -0.660. The normalized spacial score (nSPS) is 54.6. The van der Waals surface area contributed by atoms with Crippen molar-refractivity contribution in [2.24, 2.45) is 34.0 Å². The number of hydrogen-bond acceptors (Lipinski definition) is 2. The molecule has 0 aliphatic heterocycles. The van der Waals surface area contributed by atoms with Gasteiger partial charge in [0.05, 0.1) is 0 Å². The van der Waals surface area contributed by atoms with E-state index in [4.69, 9.17) is 0 Å². The van der Waals surface area contributed by atoms with Gasteiger partial charge in [0.2, 0.25) is 0 Å². The molecule has 122 valence electrons. The molecular weight excluding hydrogens is 272 g/mol. The molecule has 0 aromatic heterocycles. The Morgan fingerprint density at radius 3 is 2.41 bits per heavy atom. The van der Waals surface area contributed by atoms with E-state index in [1.807, 2.05) is 0 Å². The van der Waals surface area contributed by atoms with Gasteiger partial charge in [0.15, 0.2) is 0 Å². The van der Waals surface area contributed by atoms with Crippen molar-refractivity contribution in [3.63, 3.8) is 0 Å². The van der Waals surface area contributed by atoms with Crippen LogP contribution in [0.5, 0.6) is 0 Å². The molecule has 2 heteroatoms. The first kappa shape index (κ1) is 14.9. The predicted octanol–water partition coefficient (Wildman–Crippen LogP) is 4.56. The van der Waals surface area contributed by atoms with Gasteiger partial charge in [0.25, 0.3) is 0 Å². The Balaban J connectivity index is 1.69. The number of hydrogen-bond donors (Lipinski definition) is 0. The largest absolute Gasteiger partial charge is 0.300 e. The molecule has 0 unspecified atom stereocenters. The number of ketones is 2. The zero-order valence-corrected chi connectivity index (χ0v) is 14.4. The van der Waals surface area contributed by atoms with Crippen LogP contribution in [0.15, 0.2) is 0 Å². The Morgan fingerprint density at radius 2 is 1.64 bits per heavy atom. The van der Waals surface area contributed by atoms with Crippen LogP contribution in [0.1, 0.15) is 78.6 Å². The maximum Gasteiger partial charge on any atom is 0.139 e. The fourth-order valence-electron chi connectivity index (χ4n) is 7.17. The molecule has 0 amide bonds. The standard InChI is InChI=1S/C20H30O2/c1-18-9-7-14-15-4-5-17(22)19(15,2)10-8-16(14)20(18,3)11-6-13(21)12-18/h14-16H,4-12H2,1-3H3/t14-,15+,16+,18+,19-,20+/m1/s1. The van der Waals surface area contributed by atoms with Crippen LogP contribution < -0.4 is 0 Å². The Morgan fingerprint density at radius 1 is 0.864 bits per heavy atom. The summed E-state index contributed by atoms with van der Waals surface area (Å²) in [5.41, 5.74) is 0.506. The first-order valence-electron chi connectivity index (χ1n) is 9.35. The maximum atomic E-state index is 12.4. The van der Waals surface area contributed by atoms with E-state index >= 15 is 0 Å². The topological polar surface area (TPSA) is 34.1 Å². The van der Waals surface area contributed by atoms with Gasteiger partial charge in [0, 0.05) is 24.7 Å². The monoisotopic (exact) mass is 302 g/mol. The molecule has 0 radical (unpaired) electrons. The quantitative estimate of drug-likeness (QED) is 0.657. The third-order valence-corrected chi connectivity index (χ3v) is 8.88. The van der Waals surface area contributed by atoms with Gasteiger partial charge in [-0.2, -0.15) is 0 Å². The lowest BCUT2D eigenvalue weighted by molar-refractivity contribution is -0.163. The van der Waals surface area contributed by atoms with E-state index in [1.165, 1.54) is 19.3 Å². The minimum absolute atomic E-state index is 0.0181. The number of carbonyl (C=O) groups is 2. The molecule has 0 aromatic rings. The van der Waals surface area contributed by atoms with Crippen molar-refractivity contribution in [1.82, 2.24) is 0 Å². The molecule has 22 heavy (non-hydrogen) atoms. The molecule has 0 N–H and O–H groups in total. The van der Waals surface area contributed by atoms with E-state index in [9.17, 15) is 9.59 Å². The smallest absolute Gasteiger partial charge is 0.139 e. The molecule has 4 rings (SSSR count). The minimum atomic E-state index is -0.0181. The Kier molecular flexibility index (Phi) is 3.02. The Labute approximate surface area is 134 Å². The van der Waals surface area contributed by atoms with E-state index in [2.05, 4.69) is 20.8 Å². The molecule has 0 saturated heterocycles. The first-order chi connectivity index (χ1) is 10.3. The van der Waals surface area contributed by atoms with Gasteiger partial charge >= 0.3 is 0 Å². The fraction of sp³-hybridized carbons (Fsp3) is 0.900. The van der Waals surface area contributed by atoms with E-state index in [0.717, 1.165) is 50.4 Å². The molecule has 0 spiro atoms. The van der Waals surface area contributed by atoms with Crippen LogP contribution in [0.4, 0.5) is 0 Å². The lowest BCUT2D eigenvalue weighted by atomic mass is 9.41. The second-order valence-electron chi connectivity index (χ2n) is 9.53. The third kappa shape index (κ3) is 1.67. The number of rotatable bonds is 0. The number of carbonyl (C=O) groups excluding carboxylic acids is 2. The first-order valence-corrected chi connectivity index (χ1v) is 9.35. The zero-order valence-electron chi connectivity index (χ0n) is 14.4. The molecule has 0 bridgehead atoms. The summed E-state index contributed by atoms with van der Waals surface area (Å²) in [4.78, 5) is 24.5. The molecular formula is C20H30O2. The van der Waals surface area contributed by atoms with Crippen LogP contribution >= 0.6 is 0 Å². The van der Waals surface area contributed by atoms with Crippen LogP contribution in [0, 0.1) is 34.0 Å². The van der Waals surface area contributed by atoms with Crippen LogP contribution in [0.3, 0.4) is 0 Å². The summed E-state index contributed by atoms with van der Waals surface area (Å²) in [6.07, 6.45) is 9.36. The summed E-state index contributed by atoms with van der Waals surface area (Å²) in [7, 11) is 0. The van der Waals surface area contributed by atoms with Crippen molar-refractivity contribution < 1.29 is 9.59 Å². The minimum Gasteiger partial charge on any atom is -0.300 e. The SMILES string of the molecule is C[C@@]12CC[C@@H]3[C@@H]4CCC(=O)[C@]4(C)CC[C@@H]3[C@]1(C)CCC(=O)C2. The molecule has 4 fully saturated rings. The van der Waals surface area contributed by atoms with Gasteiger partial charge in [-0.1, -0.05) is 20.8 Å². The van der Waals surface area contributed by atoms with Crippen LogP contribution in [-0.4, -0.2) is 11.6 Å². The summed E-state index contributed by atoms with van der Waals surface area (Å²) >= 11 is 0. The van der Waals surface area contributed by atoms with Gasteiger partial charge in [-0.05, 0) is 67.1 Å². The maximum absolute atomic E-state index is 12.4. The Bertz CT molecular complexity index is 538. The second-order valence-corrected chi connectivity index (χ2v) is 9.53. The van der Waals surface area contributed by atoms with Gasteiger partial charge in [-0.25, -0.2) is 0 Å². The molecule has 0 aromatic carbocycles. The highest BCUT2D eigenvalue weighted by Gasteiger charge is 2.63. The van der Waals surface area contributed by atoms with Gasteiger partial charge in [-0.15, -0.1) is 0 Å². The van der Waals surface area contributed by atoms with Crippen molar-refractivity contribution in [3.8, 4) is 0 Å². The highest BCUT2D eigenvalue weighted by Crippen LogP contribution is 2.68.